The van der Waals surface area contributed by atoms with Crippen LogP contribution in [0.5, 0.6) is 0 Å². The highest BCUT2D eigenvalue weighted by Crippen LogP contribution is 2.23. The quantitative estimate of drug-likeness (QED) is 0.398. The Bertz CT molecular complexity index is 1240. The zero-order valence-electron chi connectivity index (χ0n) is 17.7. The Labute approximate surface area is 187 Å². The molecule has 0 amide bonds. The maximum absolute atomic E-state index is 11.6. The van der Waals surface area contributed by atoms with E-state index in [0.29, 0.717) is 23.9 Å². The lowest BCUT2D eigenvalue weighted by molar-refractivity contribution is -0.114. The lowest BCUT2D eigenvalue weighted by Gasteiger charge is -2.12. The van der Waals surface area contributed by atoms with Crippen molar-refractivity contribution in [2.75, 3.05) is 10.6 Å². The molecule has 3 aromatic rings. The summed E-state index contributed by atoms with van der Waals surface area (Å²) in [5.41, 5.74) is 3.32. The molecule has 0 aliphatic rings. The van der Waals surface area contributed by atoms with E-state index in [1.165, 1.54) is 18.2 Å². The number of aryl methyl sites for hydroxylation is 2. The Morgan fingerprint density at radius 2 is 1.84 bits per heavy atom. The molecule has 0 bridgehead atoms. The van der Waals surface area contributed by atoms with Crippen molar-refractivity contribution in [3.8, 4) is 0 Å². The highest BCUT2D eigenvalue weighted by Gasteiger charge is 2.10. The minimum Gasteiger partial charge on any atom is -0.340 e. The molecule has 166 valence electrons. The number of primary sulfonamides is 1. The predicted octanol–water partition coefficient (Wildman–Crippen LogP) is 4.00. The van der Waals surface area contributed by atoms with Crippen LogP contribution >= 0.6 is 0 Å². The second-order valence-corrected chi connectivity index (χ2v) is 8.83. The molecule has 0 saturated heterocycles. The first kappa shape index (κ1) is 23.1. The smallest absolute Gasteiger partial charge is 0.238 e. The third kappa shape index (κ3) is 6.47. The largest absolute Gasteiger partial charge is 0.340 e. The summed E-state index contributed by atoms with van der Waals surface area (Å²) >= 11 is 0. The number of hydrogen-bond donors (Lipinski definition) is 3. The van der Waals surface area contributed by atoms with Crippen LogP contribution in [0, 0.1) is 6.92 Å². The van der Waals surface area contributed by atoms with Gasteiger partial charge in [0.05, 0.1) is 4.90 Å². The summed E-state index contributed by atoms with van der Waals surface area (Å²) in [6.45, 7) is 5.38. The predicted molar refractivity (Wildman–Crippen MR) is 126 cm³/mol. The van der Waals surface area contributed by atoms with Gasteiger partial charge in [0.2, 0.25) is 16.0 Å². The number of nitrogens with zero attached hydrogens (tertiary/aromatic N) is 2. The first-order valence-electron chi connectivity index (χ1n) is 9.99. The van der Waals surface area contributed by atoms with Crippen molar-refractivity contribution in [2.24, 2.45) is 5.14 Å². The molecule has 0 fully saturated rings. The van der Waals surface area contributed by atoms with Crippen LogP contribution in [0.1, 0.15) is 24.0 Å². The van der Waals surface area contributed by atoms with Gasteiger partial charge in [-0.25, -0.2) is 18.5 Å². The number of ketones is 1. The second kappa shape index (κ2) is 10.2. The van der Waals surface area contributed by atoms with E-state index >= 15 is 0 Å². The van der Waals surface area contributed by atoms with Gasteiger partial charge in [-0.1, -0.05) is 24.8 Å². The van der Waals surface area contributed by atoms with E-state index in [1.807, 2.05) is 31.2 Å². The monoisotopic (exact) mass is 451 g/mol. The minimum atomic E-state index is -3.81. The molecule has 9 heteroatoms. The molecular formula is C23H25N5O3S. The highest BCUT2D eigenvalue weighted by molar-refractivity contribution is 7.89. The van der Waals surface area contributed by atoms with Crippen LogP contribution in [-0.4, -0.2) is 24.2 Å². The SMILES string of the molecule is C=CC(=O)CCCc1cccc(Nc2nc(Nc3cccc(S(N)(=O)=O)c3)ncc2C)c1. The molecule has 2 aromatic carbocycles. The van der Waals surface area contributed by atoms with E-state index in [1.54, 1.807) is 18.3 Å². The van der Waals surface area contributed by atoms with Gasteiger partial charge in [-0.05, 0) is 61.7 Å². The number of allylic oxidation sites excluding steroid dienone is 1. The van der Waals surface area contributed by atoms with Crippen molar-refractivity contribution in [3.05, 3.63) is 78.5 Å². The topological polar surface area (TPSA) is 127 Å². The van der Waals surface area contributed by atoms with E-state index in [4.69, 9.17) is 5.14 Å². The van der Waals surface area contributed by atoms with E-state index in [2.05, 4.69) is 27.2 Å². The number of carbonyl (C=O) groups is 1. The van der Waals surface area contributed by atoms with Gasteiger partial charge < -0.3 is 10.6 Å². The number of rotatable bonds is 10. The zero-order chi connectivity index (χ0) is 23.1. The Balaban J connectivity index is 1.73. The summed E-state index contributed by atoms with van der Waals surface area (Å²) in [6.07, 6.45) is 5.05. The summed E-state index contributed by atoms with van der Waals surface area (Å²) in [5.74, 6) is 0.971. The number of aromatic nitrogens is 2. The maximum Gasteiger partial charge on any atom is 0.238 e. The van der Waals surface area contributed by atoms with Crippen molar-refractivity contribution < 1.29 is 13.2 Å². The van der Waals surface area contributed by atoms with Crippen LogP contribution in [0.2, 0.25) is 0 Å². The van der Waals surface area contributed by atoms with Crippen LogP contribution < -0.4 is 15.8 Å². The molecule has 0 aliphatic heterocycles. The van der Waals surface area contributed by atoms with Crippen molar-refractivity contribution in [3.63, 3.8) is 0 Å². The molecule has 0 aliphatic carbocycles. The number of benzene rings is 2. The first-order chi connectivity index (χ1) is 15.2. The third-order valence-electron chi connectivity index (χ3n) is 4.70. The van der Waals surface area contributed by atoms with Crippen molar-refractivity contribution in [2.45, 2.75) is 31.1 Å². The molecular weight excluding hydrogens is 426 g/mol. The highest BCUT2D eigenvalue weighted by atomic mass is 32.2. The van der Waals surface area contributed by atoms with Crippen LogP contribution in [0.25, 0.3) is 0 Å². The molecule has 4 N–H and O–H groups in total. The number of nitrogens with two attached hydrogens (primary N) is 1. The molecule has 0 radical (unpaired) electrons. The summed E-state index contributed by atoms with van der Waals surface area (Å²) in [7, 11) is -3.81. The fourth-order valence-corrected chi connectivity index (χ4v) is 3.58. The molecule has 32 heavy (non-hydrogen) atoms. The van der Waals surface area contributed by atoms with Crippen molar-refractivity contribution in [1.29, 1.82) is 0 Å². The molecule has 0 spiro atoms. The molecule has 3 rings (SSSR count). The Morgan fingerprint density at radius 1 is 1.12 bits per heavy atom. The Hall–Kier alpha value is -3.56. The number of hydrogen-bond acceptors (Lipinski definition) is 7. The summed E-state index contributed by atoms with van der Waals surface area (Å²) in [4.78, 5) is 20.2. The van der Waals surface area contributed by atoms with E-state index in [0.717, 1.165) is 29.7 Å². The van der Waals surface area contributed by atoms with Crippen LogP contribution in [0.3, 0.4) is 0 Å². The van der Waals surface area contributed by atoms with Gasteiger partial charge in [-0.3, -0.25) is 4.79 Å². The Kier molecular flexibility index (Phi) is 7.34. The minimum absolute atomic E-state index is 0.000402. The number of nitrogens with one attached hydrogen (secondary N) is 2. The molecule has 0 unspecified atom stereocenters. The van der Waals surface area contributed by atoms with Gasteiger partial charge in [-0.2, -0.15) is 4.98 Å². The van der Waals surface area contributed by atoms with E-state index in [9.17, 15) is 13.2 Å². The summed E-state index contributed by atoms with van der Waals surface area (Å²) in [6, 6.07) is 14.0. The maximum atomic E-state index is 11.6. The van der Waals surface area contributed by atoms with Crippen molar-refractivity contribution in [1.82, 2.24) is 9.97 Å². The van der Waals surface area contributed by atoms with Gasteiger partial charge in [0, 0.05) is 29.6 Å². The Morgan fingerprint density at radius 3 is 2.56 bits per heavy atom. The van der Waals surface area contributed by atoms with Crippen LogP contribution in [0.4, 0.5) is 23.1 Å². The standard InChI is InChI=1S/C23H25N5O3S/c1-3-20(29)11-5-8-17-7-4-9-18(13-17)26-22-16(2)15-25-23(28-22)27-19-10-6-12-21(14-19)32(24,30)31/h3-4,6-7,9-10,12-15H,1,5,8,11H2,2H3,(H2,24,30,31)(H2,25,26,27,28). The average Bonchev–Trinajstić information content (AvgIpc) is 2.76. The molecule has 0 saturated carbocycles. The van der Waals surface area contributed by atoms with Gasteiger partial charge in [0.15, 0.2) is 5.78 Å². The average molecular weight is 452 g/mol. The number of carbonyl (C=O) groups excluding carboxylic acids is 1. The van der Waals surface area contributed by atoms with Crippen LogP contribution in [0.15, 0.2) is 72.3 Å². The van der Waals surface area contributed by atoms with Crippen LogP contribution in [-0.2, 0) is 21.2 Å². The van der Waals surface area contributed by atoms with Crippen molar-refractivity contribution >= 4 is 38.9 Å². The molecule has 8 nitrogen and oxygen atoms in total. The summed E-state index contributed by atoms with van der Waals surface area (Å²) in [5, 5.41) is 11.5. The molecule has 1 heterocycles. The van der Waals surface area contributed by atoms with E-state index < -0.39 is 10.0 Å². The van der Waals surface area contributed by atoms with Gasteiger partial charge in [0.25, 0.3) is 0 Å². The normalized spacial score (nSPS) is 11.1. The molecule has 1 aromatic heterocycles. The van der Waals surface area contributed by atoms with Gasteiger partial charge >= 0.3 is 0 Å². The lowest BCUT2D eigenvalue weighted by atomic mass is 10.1. The number of anilines is 4. The third-order valence-corrected chi connectivity index (χ3v) is 5.61. The zero-order valence-corrected chi connectivity index (χ0v) is 18.5. The summed E-state index contributed by atoms with van der Waals surface area (Å²) < 4.78 is 23.1. The second-order valence-electron chi connectivity index (χ2n) is 7.27. The van der Waals surface area contributed by atoms with Gasteiger partial charge in [-0.15, -0.1) is 0 Å². The fourth-order valence-electron chi connectivity index (χ4n) is 3.02. The molecule has 0 atom stereocenters. The first-order valence-corrected chi connectivity index (χ1v) is 11.5. The number of sulfonamides is 1. The van der Waals surface area contributed by atoms with E-state index in [-0.39, 0.29) is 10.7 Å². The fraction of sp³-hybridized carbons (Fsp3) is 0.174. The lowest BCUT2D eigenvalue weighted by Crippen LogP contribution is -2.12. The van der Waals surface area contributed by atoms with Gasteiger partial charge in [0.1, 0.15) is 5.82 Å².